The predicted molar refractivity (Wildman–Crippen MR) is 90.1 cm³/mol. The summed E-state index contributed by atoms with van der Waals surface area (Å²) in [5, 5.41) is 0. The minimum atomic E-state index is -0.683. The molecular formula is C18H24N4O2. The normalized spacial score (nSPS) is 20.2. The van der Waals surface area contributed by atoms with Crippen LogP contribution < -0.4 is 0 Å². The number of amides is 1. The van der Waals surface area contributed by atoms with Crippen molar-refractivity contribution < 1.29 is 9.53 Å². The highest BCUT2D eigenvalue weighted by atomic mass is 16.5. The van der Waals surface area contributed by atoms with Crippen molar-refractivity contribution in [1.29, 1.82) is 0 Å². The molecule has 1 aliphatic heterocycles. The van der Waals surface area contributed by atoms with Gasteiger partial charge in [0.1, 0.15) is 5.60 Å². The van der Waals surface area contributed by atoms with Crippen molar-refractivity contribution in [3.8, 4) is 0 Å². The molecule has 6 nitrogen and oxygen atoms in total. The van der Waals surface area contributed by atoms with Gasteiger partial charge in [0, 0.05) is 51.0 Å². The van der Waals surface area contributed by atoms with E-state index >= 15 is 0 Å². The molecule has 0 bridgehead atoms. The van der Waals surface area contributed by atoms with E-state index in [0.717, 1.165) is 31.4 Å². The summed E-state index contributed by atoms with van der Waals surface area (Å²) in [7, 11) is 0. The van der Waals surface area contributed by atoms with Crippen LogP contribution >= 0.6 is 0 Å². The third-order valence-electron chi connectivity index (χ3n) is 4.46. The molecular weight excluding hydrogens is 304 g/mol. The first-order valence-electron chi connectivity index (χ1n) is 8.45. The Bertz CT molecular complexity index is 636. The lowest BCUT2D eigenvalue weighted by Gasteiger charge is -2.31. The van der Waals surface area contributed by atoms with E-state index in [0.29, 0.717) is 19.7 Å². The van der Waals surface area contributed by atoms with Crippen LogP contribution in [0.2, 0.25) is 0 Å². The maximum absolute atomic E-state index is 13.0. The van der Waals surface area contributed by atoms with Crippen LogP contribution in [0.3, 0.4) is 0 Å². The molecule has 2 aromatic rings. The van der Waals surface area contributed by atoms with E-state index in [-0.39, 0.29) is 5.91 Å². The molecule has 128 valence electrons. The molecule has 1 amide bonds. The van der Waals surface area contributed by atoms with E-state index in [1.165, 1.54) is 0 Å². The first-order chi connectivity index (χ1) is 11.7. The molecule has 2 aromatic heterocycles. The van der Waals surface area contributed by atoms with Crippen LogP contribution in [-0.2, 0) is 22.6 Å². The number of imidazole rings is 1. The number of rotatable bonds is 7. The topological polar surface area (TPSA) is 60.2 Å². The highest BCUT2D eigenvalue weighted by Crippen LogP contribution is 2.28. The molecule has 0 spiro atoms. The molecule has 3 heterocycles. The van der Waals surface area contributed by atoms with Crippen molar-refractivity contribution in [2.24, 2.45) is 0 Å². The second-order valence-electron chi connectivity index (χ2n) is 6.42. The molecule has 24 heavy (non-hydrogen) atoms. The van der Waals surface area contributed by atoms with E-state index in [9.17, 15) is 4.79 Å². The zero-order valence-corrected chi connectivity index (χ0v) is 14.1. The Balaban J connectivity index is 1.66. The summed E-state index contributed by atoms with van der Waals surface area (Å²) in [6.45, 7) is 4.67. The minimum Gasteiger partial charge on any atom is -0.365 e. The quantitative estimate of drug-likeness (QED) is 0.782. The lowest BCUT2D eigenvalue weighted by Crippen LogP contribution is -2.47. The van der Waals surface area contributed by atoms with E-state index in [2.05, 4.69) is 9.97 Å². The van der Waals surface area contributed by atoms with Gasteiger partial charge in [-0.1, -0.05) is 6.07 Å². The van der Waals surface area contributed by atoms with Crippen LogP contribution in [0.5, 0.6) is 0 Å². The number of hydrogen-bond donors (Lipinski definition) is 0. The zero-order chi connectivity index (χ0) is 16.8. The molecule has 1 aliphatic rings. The van der Waals surface area contributed by atoms with E-state index in [4.69, 9.17) is 4.74 Å². The lowest BCUT2D eigenvalue weighted by atomic mass is 10.0. The van der Waals surface area contributed by atoms with Crippen molar-refractivity contribution in [2.75, 3.05) is 13.2 Å². The number of carbonyl (C=O) groups excluding carboxylic acids is 1. The largest absolute Gasteiger partial charge is 0.365 e. The Labute approximate surface area is 142 Å². The van der Waals surface area contributed by atoms with Crippen LogP contribution in [0.1, 0.15) is 31.7 Å². The fourth-order valence-electron chi connectivity index (χ4n) is 3.11. The monoisotopic (exact) mass is 328 g/mol. The van der Waals surface area contributed by atoms with Gasteiger partial charge in [0.25, 0.3) is 5.91 Å². The molecule has 0 unspecified atom stereocenters. The van der Waals surface area contributed by atoms with Gasteiger partial charge in [-0.05, 0) is 37.8 Å². The SMILES string of the molecule is C[C@]1(C(=O)N(CCCn2ccnc2)Cc2cccnc2)CCCO1. The van der Waals surface area contributed by atoms with Gasteiger partial charge < -0.3 is 14.2 Å². The number of aryl methyl sites for hydroxylation is 1. The maximum atomic E-state index is 13.0. The van der Waals surface area contributed by atoms with E-state index in [1.807, 2.05) is 40.9 Å². The number of nitrogens with zero attached hydrogens (tertiary/aromatic N) is 4. The molecule has 3 rings (SSSR count). The third kappa shape index (κ3) is 4.00. The second-order valence-corrected chi connectivity index (χ2v) is 6.42. The Morgan fingerprint density at radius 1 is 1.42 bits per heavy atom. The Morgan fingerprint density at radius 3 is 3.00 bits per heavy atom. The number of pyridine rings is 1. The molecule has 1 saturated heterocycles. The van der Waals surface area contributed by atoms with Gasteiger partial charge in [0.05, 0.1) is 6.33 Å². The fraction of sp³-hybridized carbons (Fsp3) is 0.500. The molecule has 1 fully saturated rings. The van der Waals surface area contributed by atoms with E-state index < -0.39 is 5.60 Å². The molecule has 1 atom stereocenters. The molecule has 0 saturated carbocycles. The van der Waals surface area contributed by atoms with Crippen LogP contribution in [-0.4, -0.2) is 44.1 Å². The van der Waals surface area contributed by atoms with Gasteiger partial charge in [-0.15, -0.1) is 0 Å². The molecule has 0 N–H and O–H groups in total. The Hall–Kier alpha value is -2.21. The Morgan fingerprint density at radius 2 is 2.33 bits per heavy atom. The van der Waals surface area contributed by atoms with Gasteiger partial charge >= 0.3 is 0 Å². The smallest absolute Gasteiger partial charge is 0.254 e. The van der Waals surface area contributed by atoms with Crippen molar-refractivity contribution in [1.82, 2.24) is 19.4 Å². The number of ether oxygens (including phenoxy) is 1. The summed E-state index contributed by atoms with van der Waals surface area (Å²) in [6.07, 6.45) is 11.7. The van der Waals surface area contributed by atoms with Crippen LogP contribution in [0.4, 0.5) is 0 Å². The second kappa shape index (κ2) is 7.57. The molecule has 0 aliphatic carbocycles. The van der Waals surface area contributed by atoms with Gasteiger partial charge in [-0.2, -0.15) is 0 Å². The van der Waals surface area contributed by atoms with E-state index in [1.54, 1.807) is 18.7 Å². The first kappa shape index (κ1) is 16.6. The van der Waals surface area contributed by atoms with Gasteiger partial charge in [-0.25, -0.2) is 4.98 Å². The average molecular weight is 328 g/mol. The summed E-state index contributed by atoms with van der Waals surface area (Å²) >= 11 is 0. The average Bonchev–Trinajstić information content (AvgIpc) is 3.27. The highest BCUT2D eigenvalue weighted by molar-refractivity contribution is 5.85. The fourth-order valence-corrected chi connectivity index (χ4v) is 3.11. The highest BCUT2D eigenvalue weighted by Gasteiger charge is 2.40. The number of hydrogen-bond acceptors (Lipinski definition) is 4. The standard InChI is InChI=1S/C18H24N4O2/c1-18(6-3-12-24-18)17(23)22(14-16-5-2-7-19-13-16)10-4-9-21-11-8-20-15-21/h2,5,7-8,11,13,15H,3-4,6,9-10,12,14H2,1H3/t18-/m1/s1. The summed E-state index contributed by atoms with van der Waals surface area (Å²) in [5.41, 5.74) is 0.354. The number of carbonyl (C=O) groups is 1. The third-order valence-corrected chi connectivity index (χ3v) is 4.46. The van der Waals surface area contributed by atoms with Crippen LogP contribution in [0, 0.1) is 0 Å². The summed E-state index contributed by atoms with van der Waals surface area (Å²) in [4.78, 5) is 23.1. The number of aromatic nitrogens is 3. The van der Waals surface area contributed by atoms with Crippen LogP contribution in [0.25, 0.3) is 0 Å². The lowest BCUT2D eigenvalue weighted by molar-refractivity contribution is -0.151. The summed E-state index contributed by atoms with van der Waals surface area (Å²) < 4.78 is 7.78. The maximum Gasteiger partial charge on any atom is 0.254 e. The predicted octanol–water partition coefficient (Wildman–Crippen LogP) is 2.27. The van der Waals surface area contributed by atoms with Crippen molar-refractivity contribution in [3.05, 3.63) is 48.8 Å². The van der Waals surface area contributed by atoms with Crippen LogP contribution in [0.15, 0.2) is 43.2 Å². The van der Waals surface area contributed by atoms with Gasteiger partial charge in [0.15, 0.2) is 0 Å². The van der Waals surface area contributed by atoms with Gasteiger partial charge in [-0.3, -0.25) is 9.78 Å². The summed E-state index contributed by atoms with van der Waals surface area (Å²) in [5.74, 6) is 0.0782. The van der Waals surface area contributed by atoms with Crippen molar-refractivity contribution >= 4 is 5.91 Å². The summed E-state index contributed by atoms with van der Waals surface area (Å²) in [6, 6.07) is 3.90. The Kier molecular flexibility index (Phi) is 5.25. The molecule has 6 heteroatoms. The first-order valence-corrected chi connectivity index (χ1v) is 8.45. The zero-order valence-electron chi connectivity index (χ0n) is 14.1. The molecule has 0 aromatic carbocycles. The van der Waals surface area contributed by atoms with Gasteiger partial charge in [0.2, 0.25) is 0 Å². The van der Waals surface area contributed by atoms with Crippen molar-refractivity contribution in [2.45, 2.75) is 44.9 Å². The minimum absolute atomic E-state index is 0.0782. The van der Waals surface area contributed by atoms with Crippen molar-refractivity contribution in [3.63, 3.8) is 0 Å². The molecule has 0 radical (unpaired) electrons.